The maximum atomic E-state index is 12.2. The summed E-state index contributed by atoms with van der Waals surface area (Å²) in [6.45, 7) is 2.17. The third-order valence-electron chi connectivity index (χ3n) is 4.44. The molecule has 26 heavy (non-hydrogen) atoms. The Morgan fingerprint density at radius 2 is 1.88 bits per heavy atom. The van der Waals surface area contributed by atoms with Crippen LogP contribution in [0.1, 0.15) is 47.3 Å². The van der Waals surface area contributed by atoms with Crippen LogP contribution in [-0.2, 0) is 16.0 Å². The van der Waals surface area contributed by atoms with Crippen LogP contribution in [0.3, 0.4) is 0 Å². The Kier molecular flexibility index (Phi) is 5.89. The zero-order chi connectivity index (χ0) is 18.4. The largest absolute Gasteiger partial charge is 0.494 e. The van der Waals surface area contributed by atoms with Crippen molar-refractivity contribution in [2.45, 2.75) is 32.2 Å². The van der Waals surface area contributed by atoms with Gasteiger partial charge in [0.25, 0.3) is 5.91 Å². The molecule has 0 unspecified atom stereocenters. The van der Waals surface area contributed by atoms with E-state index in [0.717, 1.165) is 24.8 Å². The number of nitrogens with one attached hydrogen (secondary N) is 1. The van der Waals surface area contributed by atoms with Gasteiger partial charge in [-0.3, -0.25) is 4.79 Å². The Balaban J connectivity index is 1.52. The monoisotopic (exact) mass is 353 g/mol. The fourth-order valence-corrected chi connectivity index (χ4v) is 3.21. The number of rotatable bonds is 6. The van der Waals surface area contributed by atoms with E-state index in [9.17, 15) is 9.59 Å². The summed E-state index contributed by atoms with van der Waals surface area (Å²) in [5, 5.41) is 2.97. The molecule has 0 radical (unpaired) electrons. The molecule has 2 aromatic rings. The van der Waals surface area contributed by atoms with E-state index < -0.39 is 5.97 Å². The number of hydrogen-bond acceptors (Lipinski definition) is 4. The molecule has 136 valence electrons. The predicted octanol–water partition coefficient (Wildman–Crippen LogP) is 3.44. The molecule has 0 bridgehead atoms. The first-order chi connectivity index (χ1) is 12.7. The third-order valence-corrected chi connectivity index (χ3v) is 4.44. The highest BCUT2D eigenvalue weighted by molar-refractivity contribution is 5.91. The van der Waals surface area contributed by atoms with Crippen LogP contribution in [0.5, 0.6) is 5.75 Å². The number of amides is 1. The number of carbonyl (C=O) groups is 2. The summed E-state index contributed by atoms with van der Waals surface area (Å²) < 4.78 is 10.5. The molecule has 0 aliphatic heterocycles. The van der Waals surface area contributed by atoms with Gasteiger partial charge in [0.15, 0.2) is 6.61 Å². The summed E-state index contributed by atoms with van der Waals surface area (Å²) in [4.78, 5) is 24.3. The Morgan fingerprint density at radius 1 is 1.12 bits per heavy atom. The highest BCUT2D eigenvalue weighted by Gasteiger charge is 2.21. The van der Waals surface area contributed by atoms with E-state index >= 15 is 0 Å². The molecule has 0 fully saturated rings. The summed E-state index contributed by atoms with van der Waals surface area (Å²) >= 11 is 0. The van der Waals surface area contributed by atoms with Crippen molar-refractivity contribution in [2.75, 3.05) is 13.2 Å². The van der Waals surface area contributed by atoms with Gasteiger partial charge in [0, 0.05) is 0 Å². The second kappa shape index (κ2) is 8.52. The molecule has 1 amide bonds. The van der Waals surface area contributed by atoms with Crippen molar-refractivity contribution in [3.8, 4) is 5.75 Å². The Bertz CT molecular complexity index is 770. The molecular formula is C21H23NO4. The molecule has 5 heteroatoms. The zero-order valence-electron chi connectivity index (χ0n) is 14.9. The van der Waals surface area contributed by atoms with Gasteiger partial charge >= 0.3 is 5.97 Å². The van der Waals surface area contributed by atoms with E-state index in [4.69, 9.17) is 9.47 Å². The van der Waals surface area contributed by atoms with Crippen molar-refractivity contribution in [2.24, 2.45) is 0 Å². The number of carbonyl (C=O) groups excluding carboxylic acids is 2. The van der Waals surface area contributed by atoms with Gasteiger partial charge in [-0.25, -0.2) is 4.79 Å². The third kappa shape index (κ3) is 4.42. The topological polar surface area (TPSA) is 64.6 Å². The van der Waals surface area contributed by atoms with Crippen LogP contribution in [0.25, 0.3) is 0 Å². The Hall–Kier alpha value is -2.82. The first-order valence-corrected chi connectivity index (χ1v) is 8.94. The highest BCUT2D eigenvalue weighted by Crippen LogP contribution is 2.29. The minimum atomic E-state index is -0.521. The lowest BCUT2D eigenvalue weighted by Crippen LogP contribution is -2.34. The van der Waals surface area contributed by atoms with Crippen molar-refractivity contribution in [3.63, 3.8) is 0 Å². The second-order valence-corrected chi connectivity index (χ2v) is 6.24. The molecule has 3 rings (SSSR count). The van der Waals surface area contributed by atoms with E-state index in [1.807, 2.05) is 25.1 Å². The fraction of sp³-hybridized carbons (Fsp3) is 0.333. The van der Waals surface area contributed by atoms with Gasteiger partial charge in [0.05, 0.1) is 18.2 Å². The smallest absolute Gasteiger partial charge is 0.338 e. The average molecular weight is 353 g/mol. The van der Waals surface area contributed by atoms with Gasteiger partial charge < -0.3 is 14.8 Å². The lowest BCUT2D eigenvalue weighted by atomic mass is 9.88. The normalized spacial score (nSPS) is 15.7. The maximum absolute atomic E-state index is 12.2. The van der Waals surface area contributed by atoms with Gasteiger partial charge in [-0.2, -0.15) is 0 Å². The number of ether oxygens (including phenoxy) is 2. The molecule has 1 N–H and O–H groups in total. The quantitative estimate of drug-likeness (QED) is 0.808. The minimum absolute atomic E-state index is 0.0170. The van der Waals surface area contributed by atoms with E-state index in [0.29, 0.717) is 17.9 Å². The Labute approximate surface area is 153 Å². The predicted molar refractivity (Wildman–Crippen MR) is 98.2 cm³/mol. The molecule has 1 aliphatic carbocycles. The van der Waals surface area contributed by atoms with Gasteiger partial charge in [-0.15, -0.1) is 0 Å². The van der Waals surface area contributed by atoms with Crippen LogP contribution < -0.4 is 10.1 Å². The SMILES string of the molecule is CCOc1ccc(C(=O)OCC(=O)N[C@H]2CCCc3ccccc32)cc1. The van der Waals surface area contributed by atoms with E-state index in [1.54, 1.807) is 24.3 Å². The van der Waals surface area contributed by atoms with Crippen molar-refractivity contribution < 1.29 is 19.1 Å². The van der Waals surface area contributed by atoms with Crippen LogP contribution >= 0.6 is 0 Å². The molecular weight excluding hydrogens is 330 g/mol. The van der Waals surface area contributed by atoms with Crippen LogP contribution in [0, 0.1) is 0 Å². The summed E-state index contributed by atoms with van der Waals surface area (Å²) in [6.07, 6.45) is 2.97. The molecule has 1 atom stereocenters. The number of benzene rings is 2. The molecule has 2 aromatic carbocycles. The summed E-state index contributed by atoms with van der Waals surface area (Å²) in [5.41, 5.74) is 2.82. The van der Waals surface area contributed by atoms with E-state index in [-0.39, 0.29) is 18.6 Å². The summed E-state index contributed by atoms with van der Waals surface area (Å²) in [6, 6.07) is 14.8. The van der Waals surface area contributed by atoms with Crippen molar-refractivity contribution >= 4 is 11.9 Å². The minimum Gasteiger partial charge on any atom is -0.494 e. The maximum Gasteiger partial charge on any atom is 0.338 e. The van der Waals surface area contributed by atoms with Gasteiger partial charge in [0.1, 0.15) is 5.75 Å². The summed E-state index contributed by atoms with van der Waals surface area (Å²) in [5.74, 6) is -0.115. The highest BCUT2D eigenvalue weighted by atomic mass is 16.5. The standard InChI is InChI=1S/C21H23NO4/c1-2-25-17-12-10-16(11-13-17)21(24)26-14-20(23)22-19-9-5-7-15-6-3-4-8-18(15)19/h3-4,6,8,10-13,19H,2,5,7,9,14H2,1H3,(H,22,23)/t19-/m0/s1. The lowest BCUT2D eigenvalue weighted by Gasteiger charge is -2.26. The van der Waals surface area contributed by atoms with Crippen molar-refractivity contribution in [1.29, 1.82) is 0 Å². The van der Waals surface area contributed by atoms with Crippen LogP contribution in [0.4, 0.5) is 0 Å². The fourth-order valence-electron chi connectivity index (χ4n) is 3.21. The van der Waals surface area contributed by atoms with Crippen molar-refractivity contribution in [1.82, 2.24) is 5.32 Å². The zero-order valence-corrected chi connectivity index (χ0v) is 14.9. The molecule has 0 heterocycles. The molecule has 0 aromatic heterocycles. The molecule has 0 saturated carbocycles. The van der Waals surface area contributed by atoms with Crippen LogP contribution in [0.2, 0.25) is 0 Å². The van der Waals surface area contributed by atoms with Crippen LogP contribution in [0.15, 0.2) is 48.5 Å². The number of aryl methyl sites for hydroxylation is 1. The second-order valence-electron chi connectivity index (χ2n) is 6.24. The van der Waals surface area contributed by atoms with Gasteiger partial charge in [0.2, 0.25) is 0 Å². The van der Waals surface area contributed by atoms with Crippen LogP contribution in [-0.4, -0.2) is 25.1 Å². The lowest BCUT2D eigenvalue weighted by molar-refractivity contribution is -0.125. The molecule has 0 spiro atoms. The van der Waals surface area contributed by atoms with Crippen molar-refractivity contribution in [3.05, 3.63) is 65.2 Å². The van der Waals surface area contributed by atoms with Gasteiger partial charge in [-0.05, 0) is 61.6 Å². The average Bonchev–Trinajstić information content (AvgIpc) is 2.67. The first kappa shape index (κ1) is 18.0. The Morgan fingerprint density at radius 3 is 2.65 bits per heavy atom. The van der Waals surface area contributed by atoms with E-state index in [1.165, 1.54) is 5.56 Å². The molecule has 0 saturated heterocycles. The molecule has 1 aliphatic rings. The number of hydrogen-bond donors (Lipinski definition) is 1. The number of esters is 1. The summed E-state index contributed by atoms with van der Waals surface area (Å²) in [7, 11) is 0. The van der Waals surface area contributed by atoms with E-state index in [2.05, 4.69) is 11.4 Å². The molecule has 5 nitrogen and oxygen atoms in total. The first-order valence-electron chi connectivity index (χ1n) is 8.94. The number of fused-ring (bicyclic) bond motifs is 1. The van der Waals surface area contributed by atoms with Gasteiger partial charge in [-0.1, -0.05) is 24.3 Å².